The fourth-order valence-electron chi connectivity index (χ4n) is 3.52. The largest absolute Gasteiger partial charge is 0.326 e. The third-order valence-electron chi connectivity index (χ3n) is 5.15. The predicted octanol–water partition coefficient (Wildman–Crippen LogP) is 2.94. The highest BCUT2D eigenvalue weighted by molar-refractivity contribution is 8.00. The maximum atomic E-state index is 12.9. The number of hydrogen-bond acceptors (Lipinski definition) is 6. The standard InChI is InChI=1S/C24H21N3O5S2/c25-34(31,32)20-12-8-18(9-13-20)27-23(29)15-21(24(27)30)33-19-10-6-17(7-11-19)26-22(28)14-16-4-2-1-3-5-16/h1-13,21H,14-15H2,(H,26,28)(H2,25,31,32). The first-order chi connectivity index (χ1) is 16.2. The van der Waals surface area contributed by atoms with E-state index in [2.05, 4.69) is 5.32 Å². The van der Waals surface area contributed by atoms with Gasteiger partial charge in [-0.25, -0.2) is 18.5 Å². The van der Waals surface area contributed by atoms with Gasteiger partial charge in [0, 0.05) is 17.0 Å². The van der Waals surface area contributed by atoms with Crippen LogP contribution >= 0.6 is 11.8 Å². The number of carbonyl (C=O) groups is 3. The van der Waals surface area contributed by atoms with Crippen LogP contribution in [0.15, 0.2) is 88.7 Å². The van der Waals surface area contributed by atoms with Gasteiger partial charge in [0.2, 0.25) is 27.7 Å². The van der Waals surface area contributed by atoms with Crippen molar-refractivity contribution < 1.29 is 22.8 Å². The number of carbonyl (C=O) groups excluding carboxylic acids is 3. The summed E-state index contributed by atoms with van der Waals surface area (Å²) in [6.45, 7) is 0. The Bertz CT molecular complexity index is 1330. The Morgan fingerprint density at radius 1 is 0.971 bits per heavy atom. The lowest BCUT2D eigenvalue weighted by atomic mass is 10.1. The van der Waals surface area contributed by atoms with E-state index < -0.39 is 15.3 Å². The minimum Gasteiger partial charge on any atom is -0.326 e. The quantitative estimate of drug-likeness (QED) is 0.485. The first-order valence-corrected chi connectivity index (χ1v) is 12.7. The summed E-state index contributed by atoms with van der Waals surface area (Å²) in [4.78, 5) is 39.3. The SMILES string of the molecule is NS(=O)(=O)c1ccc(N2C(=O)CC(Sc3ccc(NC(=O)Cc4ccccc4)cc3)C2=O)cc1. The number of nitrogens with one attached hydrogen (secondary N) is 1. The maximum Gasteiger partial charge on any atom is 0.247 e. The van der Waals surface area contributed by atoms with Gasteiger partial charge in [-0.15, -0.1) is 11.8 Å². The van der Waals surface area contributed by atoms with Crippen molar-refractivity contribution in [2.75, 3.05) is 10.2 Å². The van der Waals surface area contributed by atoms with Gasteiger partial charge in [0.15, 0.2) is 0 Å². The highest BCUT2D eigenvalue weighted by atomic mass is 32.2. The summed E-state index contributed by atoms with van der Waals surface area (Å²) in [6.07, 6.45) is 0.292. The summed E-state index contributed by atoms with van der Waals surface area (Å²) in [5.74, 6) is -0.874. The number of imide groups is 1. The number of anilines is 2. The number of thioether (sulfide) groups is 1. The Balaban J connectivity index is 1.38. The molecule has 3 amide bonds. The monoisotopic (exact) mass is 495 g/mol. The number of rotatable bonds is 7. The van der Waals surface area contributed by atoms with Crippen molar-refractivity contribution >= 4 is 50.9 Å². The van der Waals surface area contributed by atoms with Crippen molar-refractivity contribution in [1.82, 2.24) is 0 Å². The molecule has 1 fully saturated rings. The van der Waals surface area contributed by atoms with Gasteiger partial charge in [-0.05, 0) is 54.1 Å². The smallest absolute Gasteiger partial charge is 0.247 e. The van der Waals surface area contributed by atoms with Crippen LogP contribution in [-0.2, 0) is 30.8 Å². The number of primary sulfonamides is 1. The molecule has 0 bridgehead atoms. The number of sulfonamides is 1. The van der Waals surface area contributed by atoms with Crippen molar-refractivity contribution in [3.63, 3.8) is 0 Å². The highest BCUT2D eigenvalue weighted by Crippen LogP contribution is 2.34. The Hall–Kier alpha value is -3.47. The molecule has 0 radical (unpaired) electrons. The molecule has 34 heavy (non-hydrogen) atoms. The van der Waals surface area contributed by atoms with Crippen molar-refractivity contribution in [2.45, 2.75) is 27.9 Å². The molecule has 3 aromatic rings. The van der Waals surface area contributed by atoms with Crippen molar-refractivity contribution in [1.29, 1.82) is 0 Å². The number of nitrogens with two attached hydrogens (primary N) is 1. The average molecular weight is 496 g/mol. The number of benzene rings is 3. The van der Waals surface area contributed by atoms with E-state index in [9.17, 15) is 22.8 Å². The van der Waals surface area contributed by atoms with Crippen LogP contribution in [0.2, 0.25) is 0 Å². The summed E-state index contributed by atoms with van der Waals surface area (Å²) < 4.78 is 22.8. The predicted molar refractivity (Wildman–Crippen MR) is 130 cm³/mol. The van der Waals surface area contributed by atoms with Crippen LogP contribution in [0.25, 0.3) is 0 Å². The van der Waals surface area contributed by atoms with Crippen LogP contribution in [0.1, 0.15) is 12.0 Å². The zero-order chi connectivity index (χ0) is 24.3. The summed E-state index contributed by atoms with van der Waals surface area (Å²) in [5.41, 5.74) is 1.85. The molecule has 0 aromatic heterocycles. The Kier molecular flexibility index (Phi) is 6.82. The van der Waals surface area contributed by atoms with E-state index >= 15 is 0 Å². The summed E-state index contributed by atoms with van der Waals surface area (Å²) >= 11 is 1.26. The van der Waals surface area contributed by atoms with E-state index in [0.717, 1.165) is 15.4 Å². The molecule has 1 heterocycles. The van der Waals surface area contributed by atoms with E-state index in [-0.39, 0.29) is 35.5 Å². The highest BCUT2D eigenvalue weighted by Gasteiger charge is 2.40. The van der Waals surface area contributed by atoms with Crippen LogP contribution in [0.3, 0.4) is 0 Å². The molecule has 1 unspecified atom stereocenters. The van der Waals surface area contributed by atoms with E-state index in [1.165, 1.54) is 36.0 Å². The van der Waals surface area contributed by atoms with Crippen LogP contribution in [-0.4, -0.2) is 31.4 Å². The van der Waals surface area contributed by atoms with Crippen molar-refractivity contribution in [3.8, 4) is 0 Å². The first kappa shape index (κ1) is 23.7. The van der Waals surface area contributed by atoms with Crippen LogP contribution < -0.4 is 15.4 Å². The summed E-state index contributed by atoms with van der Waals surface area (Å²) in [7, 11) is -3.87. The fourth-order valence-corrected chi connectivity index (χ4v) is 5.09. The van der Waals surface area contributed by atoms with E-state index in [1.807, 2.05) is 30.3 Å². The van der Waals surface area contributed by atoms with Gasteiger partial charge in [0.05, 0.1) is 22.3 Å². The molecule has 10 heteroatoms. The lowest BCUT2D eigenvalue weighted by molar-refractivity contribution is -0.121. The Labute approximate surface area is 201 Å². The number of nitrogens with zero attached hydrogens (tertiary/aromatic N) is 1. The van der Waals surface area contributed by atoms with Crippen molar-refractivity contribution in [2.24, 2.45) is 5.14 Å². The molecule has 1 aliphatic heterocycles. The zero-order valence-corrected chi connectivity index (χ0v) is 19.5. The summed E-state index contributed by atoms with van der Waals surface area (Å²) in [5, 5.41) is 7.33. The molecule has 0 saturated carbocycles. The third-order valence-corrected chi connectivity index (χ3v) is 7.28. The second kappa shape index (κ2) is 9.80. The van der Waals surface area contributed by atoms with Gasteiger partial charge in [0.25, 0.3) is 0 Å². The molecule has 8 nitrogen and oxygen atoms in total. The van der Waals surface area contributed by atoms with Crippen LogP contribution in [0.4, 0.5) is 11.4 Å². The topological polar surface area (TPSA) is 127 Å². The van der Waals surface area contributed by atoms with Crippen LogP contribution in [0.5, 0.6) is 0 Å². The normalized spacial score (nSPS) is 16.0. The molecule has 1 saturated heterocycles. The number of hydrogen-bond donors (Lipinski definition) is 2. The molecule has 174 valence electrons. The van der Waals surface area contributed by atoms with E-state index in [1.54, 1.807) is 24.3 Å². The number of amides is 3. The fraction of sp³-hybridized carbons (Fsp3) is 0.125. The molecular formula is C24H21N3O5S2. The molecule has 4 rings (SSSR count). The minimum absolute atomic E-state index is 0.0238. The maximum absolute atomic E-state index is 12.9. The molecule has 1 aliphatic rings. The molecule has 3 N–H and O–H groups in total. The van der Waals surface area contributed by atoms with Crippen molar-refractivity contribution in [3.05, 3.63) is 84.4 Å². The van der Waals surface area contributed by atoms with Gasteiger partial charge in [-0.2, -0.15) is 0 Å². The van der Waals surface area contributed by atoms with E-state index in [4.69, 9.17) is 5.14 Å². The molecule has 0 spiro atoms. The van der Waals surface area contributed by atoms with Gasteiger partial charge in [-0.3, -0.25) is 14.4 Å². The Morgan fingerprint density at radius 3 is 2.24 bits per heavy atom. The van der Waals surface area contributed by atoms with Crippen LogP contribution in [0, 0.1) is 0 Å². The zero-order valence-electron chi connectivity index (χ0n) is 17.9. The molecule has 0 aliphatic carbocycles. The van der Waals surface area contributed by atoms with Gasteiger partial charge >= 0.3 is 0 Å². The molecule has 3 aromatic carbocycles. The Morgan fingerprint density at radius 2 is 1.62 bits per heavy atom. The van der Waals surface area contributed by atoms with E-state index in [0.29, 0.717) is 11.4 Å². The second-order valence-electron chi connectivity index (χ2n) is 7.65. The third kappa shape index (κ3) is 5.53. The average Bonchev–Trinajstić information content (AvgIpc) is 3.08. The van der Waals surface area contributed by atoms with Gasteiger partial charge in [-0.1, -0.05) is 30.3 Å². The molecule has 1 atom stereocenters. The van der Waals surface area contributed by atoms with Gasteiger partial charge in [0.1, 0.15) is 0 Å². The molecular weight excluding hydrogens is 474 g/mol. The second-order valence-corrected chi connectivity index (χ2v) is 10.5. The van der Waals surface area contributed by atoms with Gasteiger partial charge < -0.3 is 5.32 Å². The summed E-state index contributed by atoms with van der Waals surface area (Å²) in [6, 6.07) is 21.8. The minimum atomic E-state index is -3.87. The lowest BCUT2D eigenvalue weighted by Gasteiger charge is -2.15. The lowest BCUT2D eigenvalue weighted by Crippen LogP contribution is -2.31. The first-order valence-electron chi connectivity index (χ1n) is 10.3.